The van der Waals surface area contributed by atoms with Crippen molar-refractivity contribution in [2.24, 2.45) is 0 Å². The highest BCUT2D eigenvalue weighted by Gasteiger charge is 2.07. The average molecular weight is 221 g/mol. The molecule has 3 heteroatoms. The van der Waals surface area contributed by atoms with Gasteiger partial charge in [-0.3, -0.25) is 4.79 Å². The van der Waals surface area contributed by atoms with E-state index < -0.39 is 0 Å². The number of carbonyl (C=O) groups excluding carboxylic acids is 1. The molecule has 16 heavy (non-hydrogen) atoms. The Morgan fingerprint density at radius 3 is 2.75 bits per heavy atom. The van der Waals surface area contributed by atoms with Crippen LogP contribution in [0.15, 0.2) is 18.7 Å². The molecule has 0 unspecified atom stereocenters. The number of rotatable bonds is 7. The fourth-order valence-corrected chi connectivity index (χ4v) is 1.72. The van der Waals surface area contributed by atoms with Gasteiger partial charge >= 0.3 is 0 Å². The van der Waals surface area contributed by atoms with E-state index in [2.05, 4.69) is 11.1 Å². The van der Waals surface area contributed by atoms with Crippen molar-refractivity contribution in [2.75, 3.05) is 13.2 Å². The van der Waals surface area contributed by atoms with E-state index in [0.717, 1.165) is 36.2 Å². The molecule has 0 aliphatic rings. The summed E-state index contributed by atoms with van der Waals surface area (Å²) in [6, 6.07) is 1.91. The van der Waals surface area contributed by atoms with E-state index in [1.807, 2.05) is 26.0 Å². The summed E-state index contributed by atoms with van der Waals surface area (Å²) >= 11 is 0. The maximum Gasteiger partial charge on any atom is 0.151 e. The molecule has 0 atom stereocenters. The van der Waals surface area contributed by atoms with Gasteiger partial charge in [0.2, 0.25) is 0 Å². The fraction of sp³-hybridized carbons (Fsp3) is 0.462. The lowest BCUT2D eigenvalue weighted by Crippen LogP contribution is -2.09. The minimum atomic E-state index is 0.669. The molecule has 1 aromatic heterocycles. The highest BCUT2D eigenvalue weighted by molar-refractivity contribution is 5.77. The topological polar surface area (TPSA) is 31.2 Å². The van der Waals surface area contributed by atoms with Gasteiger partial charge in [0.05, 0.1) is 13.2 Å². The highest BCUT2D eigenvalue weighted by Crippen LogP contribution is 2.12. The van der Waals surface area contributed by atoms with Gasteiger partial charge < -0.3 is 9.30 Å². The van der Waals surface area contributed by atoms with E-state index in [1.54, 1.807) is 0 Å². The number of aryl methyl sites for hydroxylation is 1. The van der Waals surface area contributed by atoms with Crippen LogP contribution in [-0.2, 0) is 11.3 Å². The lowest BCUT2D eigenvalue weighted by atomic mass is 10.3. The van der Waals surface area contributed by atoms with Crippen LogP contribution >= 0.6 is 0 Å². The van der Waals surface area contributed by atoms with Crippen molar-refractivity contribution in [3.05, 3.63) is 35.7 Å². The van der Waals surface area contributed by atoms with Crippen LogP contribution < -0.4 is 0 Å². The SMILES string of the molecule is C=CCCOCCn1c(C)cc(C=O)c1C. The molecule has 0 N–H and O–H groups in total. The van der Waals surface area contributed by atoms with Gasteiger partial charge in [-0.2, -0.15) is 0 Å². The van der Waals surface area contributed by atoms with E-state index in [9.17, 15) is 4.79 Å². The molecule has 0 fully saturated rings. The van der Waals surface area contributed by atoms with Crippen molar-refractivity contribution < 1.29 is 9.53 Å². The summed E-state index contributed by atoms with van der Waals surface area (Å²) in [7, 11) is 0. The average Bonchev–Trinajstić information content (AvgIpc) is 2.55. The Kier molecular flexibility index (Phi) is 4.99. The molecular formula is C13H19NO2. The van der Waals surface area contributed by atoms with E-state index >= 15 is 0 Å². The van der Waals surface area contributed by atoms with Crippen molar-refractivity contribution in [1.82, 2.24) is 4.57 Å². The Labute approximate surface area is 96.7 Å². The van der Waals surface area contributed by atoms with Crippen LogP contribution in [0.25, 0.3) is 0 Å². The number of ether oxygens (including phenoxy) is 1. The first kappa shape index (κ1) is 12.7. The standard InChI is InChI=1S/C13H19NO2/c1-4-5-7-16-8-6-14-11(2)9-13(10-15)12(14)3/h4,9-10H,1,5-8H2,2-3H3. The largest absolute Gasteiger partial charge is 0.379 e. The van der Waals surface area contributed by atoms with Crippen molar-refractivity contribution in [3.63, 3.8) is 0 Å². The molecule has 0 spiro atoms. The van der Waals surface area contributed by atoms with Crippen molar-refractivity contribution in [3.8, 4) is 0 Å². The molecule has 0 bridgehead atoms. The normalized spacial score (nSPS) is 10.4. The Bertz CT molecular complexity index is 366. The molecule has 0 aliphatic heterocycles. The van der Waals surface area contributed by atoms with E-state index in [-0.39, 0.29) is 0 Å². The molecular weight excluding hydrogens is 202 g/mol. The molecule has 1 aromatic rings. The van der Waals surface area contributed by atoms with Crippen LogP contribution in [0.1, 0.15) is 28.2 Å². The number of aromatic nitrogens is 1. The van der Waals surface area contributed by atoms with Gasteiger partial charge in [0, 0.05) is 23.5 Å². The summed E-state index contributed by atoms with van der Waals surface area (Å²) < 4.78 is 7.56. The Hall–Kier alpha value is -1.35. The molecule has 0 saturated heterocycles. The molecule has 3 nitrogen and oxygen atoms in total. The van der Waals surface area contributed by atoms with Gasteiger partial charge in [-0.15, -0.1) is 6.58 Å². The molecule has 0 aromatic carbocycles. The highest BCUT2D eigenvalue weighted by atomic mass is 16.5. The molecule has 0 radical (unpaired) electrons. The van der Waals surface area contributed by atoms with Crippen LogP contribution in [-0.4, -0.2) is 24.1 Å². The third-order valence-electron chi connectivity index (χ3n) is 2.67. The predicted octanol–water partition coefficient (Wildman–Crippen LogP) is 2.51. The second-order valence-electron chi connectivity index (χ2n) is 3.79. The Morgan fingerprint density at radius 2 is 2.19 bits per heavy atom. The summed E-state index contributed by atoms with van der Waals surface area (Å²) in [4.78, 5) is 10.8. The van der Waals surface area contributed by atoms with Crippen molar-refractivity contribution >= 4 is 6.29 Å². The zero-order chi connectivity index (χ0) is 12.0. The zero-order valence-electron chi connectivity index (χ0n) is 10.0. The maximum atomic E-state index is 10.8. The molecule has 0 saturated carbocycles. The number of hydrogen-bond acceptors (Lipinski definition) is 2. The second-order valence-corrected chi connectivity index (χ2v) is 3.79. The number of nitrogens with zero attached hydrogens (tertiary/aromatic N) is 1. The number of carbonyl (C=O) groups is 1. The van der Waals surface area contributed by atoms with Crippen LogP contribution in [0.4, 0.5) is 0 Å². The third kappa shape index (κ3) is 3.07. The summed E-state index contributed by atoms with van der Waals surface area (Å²) in [6.45, 7) is 9.77. The summed E-state index contributed by atoms with van der Waals surface area (Å²) in [5.74, 6) is 0. The van der Waals surface area contributed by atoms with Crippen molar-refractivity contribution in [1.29, 1.82) is 0 Å². The van der Waals surface area contributed by atoms with E-state index in [0.29, 0.717) is 13.2 Å². The van der Waals surface area contributed by atoms with Gasteiger partial charge in [-0.05, 0) is 26.3 Å². The summed E-state index contributed by atoms with van der Waals surface area (Å²) in [5.41, 5.74) is 2.88. The van der Waals surface area contributed by atoms with Gasteiger partial charge in [-0.1, -0.05) is 6.08 Å². The first-order valence-corrected chi connectivity index (χ1v) is 5.51. The van der Waals surface area contributed by atoms with Crippen LogP contribution in [0.5, 0.6) is 0 Å². The van der Waals surface area contributed by atoms with Crippen LogP contribution in [0, 0.1) is 13.8 Å². The Balaban J connectivity index is 2.50. The Morgan fingerprint density at radius 1 is 1.44 bits per heavy atom. The smallest absolute Gasteiger partial charge is 0.151 e. The third-order valence-corrected chi connectivity index (χ3v) is 2.67. The lowest BCUT2D eigenvalue weighted by molar-refractivity contribution is 0.112. The van der Waals surface area contributed by atoms with Crippen molar-refractivity contribution in [2.45, 2.75) is 26.8 Å². The van der Waals surface area contributed by atoms with Gasteiger partial charge in [0.1, 0.15) is 0 Å². The monoisotopic (exact) mass is 221 g/mol. The quantitative estimate of drug-likeness (QED) is 0.402. The summed E-state index contributed by atoms with van der Waals surface area (Å²) in [5, 5.41) is 0. The minimum Gasteiger partial charge on any atom is -0.379 e. The zero-order valence-corrected chi connectivity index (χ0v) is 10.0. The first-order chi connectivity index (χ1) is 7.70. The minimum absolute atomic E-state index is 0.669. The van der Waals surface area contributed by atoms with Crippen LogP contribution in [0.3, 0.4) is 0 Å². The van der Waals surface area contributed by atoms with Crippen LogP contribution in [0.2, 0.25) is 0 Å². The summed E-state index contributed by atoms with van der Waals surface area (Å²) in [6.07, 6.45) is 3.62. The maximum absolute atomic E-state index is 10.8. The van der Waals surface area contributed by atoms with Gasteiger partial charge in [0.15, 0.2) is 6.29 Å². The van der Waals surface area contributed by atoms with E-state index in [1.165, 1.54) is 0 Å². The van der Waals surface area contributed by atoms with E-state index in [4.69, 9.17) is 4.74 Å². The molecule has 1 rings (SSSR count). The molecule has 1 heterocycles. The second kappa shape index (κ2) is 6.28. The molecule has 0 amide bonds. The number of hydrogen-bond donors (Lipinski definition) is 0. The fourth-order valence-electron chi connectivity index (χ4n) is 1.72. The molecule has 88 valence electrons. The lowest BCUT2D eigenvalue weighted by Gasteiger charge is -2.09. The first-order valence-electron chi connectivity index (χ1n) is 5.51. The number of aldehydes is 1. The predicted molar refractivity (Wildman–Crippen MR) is 64.9 cm³/mol. The molecule has 0 aliphatic carbocycles. The van der Waals surface area contributed by atoms with Gasteiger partial charge in [0.25, 0.3) is 0 Å². The van der Waals surface area contributed by atoms with Gasteiger partial charge in [-0.25, -0.2) is 0 Å².